The summed E-state index contributed by atoms with van der Waals surface area (Å²) in [5, 5.41) is 2.81. The molecule has 0 atom stereocenters. The van der Waals surface area contributed by atoms with Gasteiger partial charge in [0, 0.05) is 16.2 Å². The zero-order chi connectivity index (χ0) is 19.4. The van der Waals surface area contributed by atoms with E-state index >= 15 is 0 Å². The monoisotopic (exact) mass is 492 g/mol. The maximum atomic E-state index is 12.9. The Labute approximate surface area is 172 Å². The van der Waals surface area contributed by atoms with E-state index in [-0.39, 0.29) is 16.4 Å². The van der Waals surface area contributed by atoms with Gasteiger partial charge in [0.1, 0.15) is 0 Å². The Morgan fingerprint density at radius 2 is 1.59 bits per heavy atom. The second kappa shape index (κ2) is 8.10. The Hall–Kier alpha value is -2.39. The number of hydrogen-bond acceptors (Lipinski definition) is 3. The van der Waals surface area contributed by atoms with E-state index in [9.17, 15) is 13.2 Å². The molecule has 1 amide bonds. The molecule has 0 aromatic heterocycles. The van der Waals surface area contributed by atoms with Gasteiger partial charge in [-0.1, -0.05) is 36.4 Å². The van der Waals surface area contributed by atoms with Crippen LogP contribution in [0, 0.1) is 3.57 Å². The van der Waals surface area contributed by atoms with Crippen LogP contribution in [-0.4, -0.2) is 21.4 Å². The average Bonchev–Trinajstić information content (AvgIpc) is 2.70. The fourth-order valence-corrected chi connectivity index (χ4v) is 4.25. The van der Waals surface area contributed by atoms with E-state index in [4.69, 9.17) is 0 Å². The summed E-state index contributed by atoms with van der Waals surface area (Å²) >= 11 is 2.13. The molecule has 0 aliphatic heterocycles. The molecule has 0 saturated heterocycles. The summed E-state index contributed by atoms with van der Waals surface area (Å²) in [6, 6.07) is 22.2. The minimum absolute atomic E-state index is 0.0595. The molecule has 138 valence electrons. The summed E-state index contributed by atoms with van der Waals surface area (Å²) in [5.74, 6) is -0.362. The predicted octanol–water partition coefficient (Wildman–Crippen LogP) is 4.37. The van der Waals surface area contributed by atoms with Crippen molar-refractivity contribution in [2.75, 3.05) is 16.7 Å². The van der Waals surface area contributed by atoms with Crippen molar-refractivity contribution in [3.63, 3.8) is 0 Å². The number of sulfonamides is 1. The summed E-state index contributed by atoms with van der Waals surface area (Å²) in [6.45, 7) is 0. The SMILES string of the molecule is CN(c1ccccc1)S(=O)(=O)c1cccc(C(=O)Nc2ccccc2I)c1. The Kier molecular flexibility index (Phi) is 5.81. The summed E-state index contributed by atoms with van der Waals surface area (Å²) in [6.07, 6.45) is 0. The van der Waals surface area contributed by atoms with Gasteiger partial charge in [-0.05, 0) is 65.1 Å². The van der Waals surface area contributed by atoms with Gasteiger partial charge >= 0.3 is 0 Å². The lowest BCUT2D eigenvalue weighted by atomic mass is 10.2. The van der Waals surface area contributed by atoms with Crippen LogP contribution in [0.1, 0.15) is 10.4 Å². The lowest BCUT2D eigenvalue weighted by molar-refractivity contribution is 0.102. The fourth-order valence-electron chi connectivity index (χ4n) is 2.49. The Balaban J connectivity index is 1.89. The van der Waals surface area contributed by atoms with Crippen molar-refractivity contribution in [2.24, 2.45) is 0 Å². The summed E-state index contributed by atoms with van der Waals surface area (Å²) in [7, 11) is -2.29. The minimum atomic E-state index is -3.78. The van der Waals surface area contributed by atoms with Gasteiger partial charge in [0.25, 0.3) is 15.9 Å². The second-order valence-electron chi connectivity index (χ2n) is 5.77. The number of benzene rings is 3. The van der Waals surface area contributed by atoms with Crippen molar-refractivity contribution < 1.29 is 13.2 Å². The minimum Gasteiger partial charge on any atom is -0.321 e. The Morgan fingerprint density at radius 1 is 0.926 bits per heavy atom. The highest BCUT2D eigenvalue weighted by Crippen LogP contribution is 2.23. The summed E-state index contributed by atoms with van der Waals surface area (Å²) < 4.78 is 27.9. The second-order valence-corrected chi connectivity index (χ2v) is 8.90. The molecule has 7 heteroatoms. The van der Waals surface area contributed by atoms with E-state index in [1.54, 1.807) is 42.5 Å². The van der Waals surface area contributed by atoms with Crippen LogP contribution in [0.5, 0.6) is 0 Å². The number of anilines is 2. The third-order valence-corrected chi connectivity index (χ3v) is 6.72. The molecule has 0 heterocycles. The van der Waals surface area contributed by atoms with Crippen LogP contribution in [0.2, 0.25) is 0 Å². The number of carbonyl (C=O) groups is 1. The van der Waals surface area contributed by atoms with Gasteiger partial charge in [-0.25, -0.2) is 8.42 Å². The first-order valence-corrected chi connectivity index (χ1v) is 10.6. The zero-order valence-corrected chi connectivity index (χ0v) is 17.4. The average molecular weight is 492 g/mol. The molecule has 0 spiro atoms. The van der Waals surface area contributed by atoms with Crippen molar-refractivity contribution >= 4 is 49.9 Å². The number of nitrogens with zero attached hydrogens (tertiary/aromatic N) is 1. The van der Waals surface area contributed by atoms with Crippen molar-refractivity contribution in [1.29, 1.82) is 0 Å². The molecule has 3 aromatic carbocycles. The lowest BCUT2D eigenvalue weighted by Crippen LogP contribution is -2.26. The third-order valence-electron chi connectivity index (χ3n) is 4.00. The maximum Gasteiger partial charge on any atom is 0.264 e. The molecule has 0 unspecified atom stereocenters. The van der Waals surface area contributed by atoms with Gasteiger partial charge in [-0.2, -0.15) is 0 Å². The molecule has 0 radical (unpaired) electrons. The molecular weight excluding hydrogens is 475 g/mol. The van der Waals surface area contributed by atoms with E-state index in [0.717, 1.165) is 3.57 Å². The molecule has 0 bridgehead atoms. The van der Waals surface area contributed by atoms with Crippen molar-refractivity contribution in [2.45, 2.75) is 4.90 Å². The Morgan fingerprint density at radius 3 is 2.30 bits per heavy atom. The van der Waals surface area contributed by atoms with Gasteiger partial charge in [0.05, 0.1) is 16.3 Å². The van der Waals surface area contributed by atoms with Gasteiger partial charge in [0.15, 0.2) is 0 Å². The third kappa shape index (κ3) is 4.30. The van der Waals surface area contributed by atoms with E-state index < -0.39 is 10.0 Å². The number of amides is 1. The Bertz CT molecular complexity index is 1070. The van der Waals surface area contributed by atoms with Gasteiger partial charge in [-0.3, -0.25) is 9.10 Å². The van der Waals surface area contributed by atoms with E-state index in [1.807, 2.05) is 24.3 Å². The molecule has 1 N–H and O–H groups in total. The standard InChI is InChI=1S/C20H17IN2O3S/c1-23(16-9-3-2-4-10-16)27(25,26)17-11-7-8-15(14-17)20(24)22-19-13-6-5-12-18(19)21/h2-14H,1H3,(H,22,24). The van der Waals surface area contributed by atoms with Crippen LogP contribution < -0.4 is 9.62 Å². The van der Waals surface area contributed by atoms with E-state index in [1.165, 1.54) is 23.5 Å². The zero-order valence-electron chi connectivity index (χ0n) is 14.5. The number of carbonyl (C=O) groups excluding carboxylic acids is 1. The summed E-state index contributed by atoms with van der Waals surface area (Å²) in [4.78, 5) is 12.6. The van der Waals surface area contributed by atoms with Gasteiger partial charge < -0.3 is 5.32 Å². The largest absolute Gasteiger partial charge is 0.321 e. The molecule has 3 rings (SSSR count). The molecule has 27 heavy (non-hydrogen) atoms. The summed E-state index contributed by atoms with van der Waals surface area (Å²) in [5.41, 5.74) is 1.50. The van der Waals surface area contributed by atoms with Crippen LogP contribution in [0.4, 0.5) is 11.4 Å². The molecule has 5 nitrogen and oxygen atoms in total. The smallest absolute Gasteiger partial charge is 0.264 e. The molecule has 0 aliphatic carbocycles. The molecule has 0 fully saturated rings. The molecular formula is C20H17IN2O3S. The first kappa shape index (κ1) is 19.4. The number of nitrogens with one attached hydrogen (secondary N) is 1. The first-order valence-electron chi connectivity index (χ1n) is 8.09. The first-order chi connectivity index (χ1) is 12.9. The van der Waals surface area contributed by atoms with Crippen molar-refractivity contribution in [3.8, 4) is 0 Å². The molecule has 0 aliphatic rings. The van der Waals surface area contributed by atoms with Crippen LogP contribution in [0.3, 0.4) is 0 Å². The van der Waals surface area contributed by atoms with Crippen molar-refractivity contribution in [3.05, 3.63) is 88.0 Å². The number of para-hydroxylation sites is 2. The lowest BCUT2D eigenvalue weighted by Gasteiger charge is -2.19. The number of rotatable bonds is 5. The van der Waals surface area contributed by atoms with Gasteiger partial charge in [-0.15, -0.1) is 0 Å². The van der Waals surface area contributed by atoms with Crippen LogP contribution >= 0.6 is 22.6 Å². The predicted molar refractivity (Wildman–Crippen MR) is 116 cm³/mol. The normalized spacial score (nSPS) is 11.0. The van der Waals surface area contributed by atoms with Crippen LogP contribution in [0.25, 0.3) is 0 Å². The van der Waals surface area contributed by atoms with E-state index in [2.05, 4.69) is 27.9 Å². The van der Waals surface area contributed by atoms with E-state index in [0.29, 0.717) is 11.4 Å². The highest BCUT2D eigenvalue weighted by molar-refractivity contribution is 14.1. The quantitative estimate of drug-likeness (QED) is 0.539. The van der Waals surface area contributed by atoms with Crippen LogP contribution in [0.15, 0.2) is 83.8 Å². The topological polar surface area (TPSA) is 66.5 Å². The fraction of sp³-hybridized carbons (Fsp3) is 0.0500. The maximum absolute atomic E-state index is 12.9. The molecule has 3 aromatic rings. The number of hydrogen-bond donors (Lipinski definition) is 1. The number of halogens is 1. The highest BCUT2D eigenvalue weighted by atomic mass is 127. The highest BCUT2D eigenvalue weighted by Gasteiger charge is 2.22. The van der Waals surface area contributed by atoms with Crippen LogP contribution in [-0.2, 0) is 10.0 Å². The van der Waals surface area contributed by atoms with Crippen molar-refractivity contribution in [1.82, 2.24) is 0 Å². The van der Waals surface area contributed by atoms with Gasteiger partial charge in [0.2, 0.25) is 0 Å². The molecule has 0 saturated carbocycles.